The molecule has 1 aromatic rings. The van der Waals surface area contributed by atoms with E-state index < -0.39 is 0 Å². The van der Waals surface area contributed by atoms with Gasteiger partial charge in [0, 0.05) is 12.6 Å². The predicted octanol–water partition coefficient (Wildman–Crippen LogP) is 3.59. The summed E-state index contributed by atoms with van der Waals surface area (Å²) in [5.41, 5.74) is 1.28. The Morgan fingerprint density at radius 1 is 1.15 bits per heavy atom. The summed E-state index contributed by atoms with van der Waals surface area (Å²) in [5.74, 6) is 3.52. The Morgan fingerprint density at radius 2 is 1.80 bits per heavy atom. The third-order valence-corrected chi connectivity index (χ3v) is 5.10. The van der Waals surface area contributed by atoms with E-state index in [1.165, 1.54) is 31.2 Å². The molecule has 3 rings (SSSR count). The van der Waals surface area contributed by atoms with Crippen molar-refractivity contribution < 1.29 is 9.47 Å². The zero-order chi connectivity index (χ0) is 14.1. The van der Waals surface area contributed by atoms with Gasteiger partial charge in [-0.3, -0.25) is 0 Å². The summed E-state index contributed by atoms with van der Waals surface area (Å²) in [6, 6.07) is 5.01. The summed E-state index contributed by atoms with van der Waals surface area (Å²) in [6.07, 6.45) is 5.66. The first-order chi connectivity index (χ1) is 9.72. The molecule has 0 bridgehead atoms. The number of benzene rings is 1. The van der Waals surface area contributed by atoms with Crippen LogP contribution in [0.1, 0.15) is 31.2 Å². The first-order valence-corrected chi connectivity index (χ1v) is 8.44. The van der Waals surface area contributed by atoms with Crippen LogP contribution in [0.3, 0.4) is 0 Å². The number of halogens is 1. The Kier molecular flexibility index (Phi) is 4.40. The van der Waals surface area contributed by atoms with Gasteiger partial charge in [0.1, 0.15) is 0 Å². The molecule has 2 saturated carbocycles. The van der Waals surface area contributed by atoms with Gasteiger partial charge in [0.05, 0.1) is 17.8 Å². The second-order valence-electron chi connectivity index (χ2n) is 5.89. The zero-order valence-electron chi connectivity index (χ0n) is 12.1. The maximum atomic E-state index is 5.43. The molecule has 0 amide bonds. The number of hydrogen-bond donors (Lipinski definition) is 1. The van der Waals surface area contributed by atoms with E-state index in [1.54, 1.807) is 14.2 Å². The van der Waals surface area contributed by atoms with Crippen molar-refractivity contribution in [2.24, 2.45) is 11.8 Å². The van der Waals surface area contributed by atoms with Crippen molar-refractivity contribution in [2.75, 3.05) is 14.2 Å². The summed E-state index contributed by atoms with van der Waals surface area (Å²) in [4.78, 5) is 0. The topological polar surface area (TPSA) is 30.5 Å². The third kappa shape index (κ3) is 3.22. The number of rotatable bonds is 7. The average Bonchev–Trinajstić information content (AvgIpc) is 3.31. The highest BCUT2D eigenvalue weighted by Gasteiger charge is 2.40. The molecule has 1 aromatic carbocycles. The van der Waals surface area contributed by atoms with Crippen molar-refractivity contribution in [1.82, 2.24) is 5.32 Å². The van der Waals surface area contributed by atoms with Crippen LogP contribution < -0.4 is 14.8 Å². The number of methoxy groups -OCH3 is 2. The Hall–Kier alpha value is -0.490. The van der Waals surface area contributed by atoms with Gasteiger partial charge < -0.3 is 14.8 Å². The first-order valence-electron chi connectivity index (χ1n) is 7.36. The van der Waals surface area contributed by atoms with Crippen LogP contribution in [0.15, 0.2) is 12.1 Å². The van der Waals surface area contributed by atoms with Gasteiger partial charge in [0.25, 0.3) is 0 Å². The molecule has 0 aromatic heterocycles. The molecule has 0 atom stereocenters. The average molecular weight is 387 g/mol. The van der Waals surface area contributed by atoms with E-state index in [2.05, 4.69) is 40.0 Å². The molecule has 2 aliphatic carbocycles. The standard InChI is InChI=1S/C16H22INO2/c1-19-14-8-10(7-13(17)16(14)20-2)9-18-15(11-3-4-11)12-5-6-12/h7-8,11-12,15,18H,3-6,9H2,1-2H3. The van der Waals surface area contributed by atoms with E-state index in [0.29, 0.717) is 0 Å². The highest BCUT2D eigenvalue weighted by Crippen LogP contribution is 2.44. The van der Waals surface area contributed by atoms with Crippen molar-refractivity contribution in [2.45, 2.75) is 38.3 Å². The molecule has 2 aliphatic rings. The third-order valence-electron chi connectivity index (χ3n) is 4.29. The second-order valence-corrected chi connectivity index (χ2v) is 7.06. The monoisotopic (exact) mass is 387 g/mol. The number of ether oxygens (including phenoxy) is 2. The van der Waals surface area contributed by atoms with Crippen LogP contribution in [0.5, 0.6) is 11.5 Å². The van der Waals surface area contributed by atoms with E-state index in [-0.39, 0.29) is 0 Å². The Bertz CT molecular complexity index is 472. The lowest BCUT2D eigenvalue weighted by molar-refractivity contribution is 0.351. The Balaban J connectivity index is 1.68. The van der Waals surface area contributed by atoms with Gasteiger partial charge in [0.2, 0.25) is 0 Å². The Morgan fingerprint density at radius 3 is 2.30 bits per heavy atom. The SMILES string of the molecule is COc1cc(CNC(C2CC2)C2CC2)cc(I)c1OC. The molecule has 0 unspecified atom stereocenters. The van der Waals surface area contributed by atoms with Crippen LogP contribution in [0.25, 0.3) is 0 Å². The molecule has 110 valence electrons. The van der Waals surface area contributed by atoms with E-state index in [0.717, 1.165) is 39.5 Å². The molecule has 0 aliphatic heterocycles. The number of hydrogen-bond acceptors (Lipinski definition) is 3. The summed E-state index contributed by atoms with van der Waals surface area (Å²) in [7, 11) is 3.39. The van der Waals surface area contributed by atoms with Crippen LogP contribution >= 0.6 is 22.6 Å². The maximum absolute atomic E-state index is 5.43. The molecule has 0 spiro atoms. The van der Waals surface area contributed by atoms with Crippen molar-refractivity contribution in [3.8, 4) is 11.5 Å². The predicted molar refractivity (Wildman–Crippen MR) is 88.3 cm³/mol. The van der Waals surface area contributed by atoms with E-state index in [1.807, 2.05) is 0 Å². The van der Waals surface area contributed by atoms with Crippen molar-refractivity contribution in [3.63, 3.8) is 0 Å². The molecule has 3 nitrogen and oxygen atoms in total. The second kappa shape index (κ2) is 6.10. The Labute approximate surface area is 134 Å². The molecule has 0 heterocycles. The minimum Gasteiger partial charge on any atom is -0.493 e. The molecular weight excluding hydrogens is 365 g/mol. The lowest BCUT2D eigenvalue weighted by atomic mass is 10.1. The van der Waals surface area contributed by atoms with E-state index in [4.69, 9.17) is 9.47 Å². The van der Waals surface area contributed by atoms with E-state index >= 15 is 0 Å². The van der Waals surface area contributed by atoms with Gasteiger partial charge in [-0.05, 0) is 77.8 Å². The van der Waals surface area contributed by atoms with Crippen molar-refractivity contribution in [1.29, 1.82) is 0 Å². The first kappa shape index (κ1) is 14.4. The van der Waals surface area contributed by atoms with Crippen LogP contribution in [0.4, 0.5) is 0 Å². The molecule has 0 radical (unpaired) electrons. The number of nitrogens with one attached hydrogen (secondary N) is 1. The van der Waals surface area contributed by atoms with Crippen LogP contribution in [-0.4, -0.2) is 20.3 Å². The fourth-order valence-corrected chi connectivity index (χ4v) is 3.82. The van der Waals surface area contributed by atoms with Crippen LogP contribution in [0.2, 0.25) is 0 Å². The van der Waals surface area contributed by atoms with Gasteiger partial charge in [-0.2, -0.15) is 0 Å². The van der Waals surface area contributed by atoms with Crippen molar-refractivity contribution in [3.05, 3.63) is 21.3 Å². The maximum Gasteiger partial charge on any atom is 0.174 e. The van der Waals surface area contributed by atoms with E-state index in [9.17, 15) is 0 Å². The van der Waals surface area contributed by atoms with Crippen LogP contribution in [-0.2, 0) is 6.54 Å². The highest BCUT2D eigenvalue weighted by atomic mass is 127. The minimum atomic E-state index is 0.737. The van der Waals surface area contributed by atoms with Gasteiger partial charge in [-0.15, -0.1) is 0 Å². The summed E-state index contributed by atoms with van der Waals surface area (Å²) < 4.78 is 11.9. The normalized spacial score (nSPS) is 18.4. The lowest BCUT2D eigenvalue weighted by Crippen LogP contribution is -2.32. The highest BCUT2D eigenvalue weighted by molar-refractivity contribution is 14.1. The quantitative estimate of drug-likeness (QED) is 0.726. The lowest BCUT2D eigenvalue weighted by Gasteiger charge is -2.18. The molecule has 1 N–H and O–H groups in total. The van der Waals surface area contributed by atoms with Gasteiger partial charge in [-0.1, -0.05) is 0 Å². The smallest absolute Gasteiger partial charge is 0.174 e. The van der Waals surface area contributed by atoms with Gasteiger partial charge in [0.15, 0.2) is 11.5 Å². The molecule has 20 heavy (non-hydrogen) atoms. The fraction of sp³-hybridized carbons (Fsp3) is 0.625. The molecule has 0 saturated heterocycles. The zero-order valence-corrected chi connectivity index (χ0v) is 14.3. The van der Waals surface area contributed by atoms with Gasteiger partial charge in [-0.25, -0.2) is 0 Å². The molecule has 4 heteroatoms. The van der Waals surface area contributed by atoms with Crippen molar-refractivity contribution >= 4 is 22.6 Å². The summed E-state index contributed by atoms with van der Waals surface area (Å²) >= 11 is 2.31. The fourth-order valence-electron chi connectivity index (χ4n) is 2.94. The largest absolute Gasteiger partial charge is 0.493 e. The molecule has 2 fully saturated rings. The summed E-state index contributed by atoms with van der Waals surface area (Å²) in [5, 5.41) is 3.78. The van der Waals surface area contributed by atoms with Crippen LogP contribution in [0, 0.1) is 15.4 Å². The molecular formula is C16H22INO2. The van der Waals surface area contributed by atoms with Gasteiger partial charge >= 0.3 is 0 Å². The summed E-state index contributed by atoms with van der Waals surface area (Å²) in [6.45, 7) is 0.925. The minimum absolute atomic E-state index is 0.737.